The van der Waals surface area contributed by atoms with Crippen molar-refractivity contribution in [2.45, 2.75) is 17.2 Å². The Balaban J connectivity index is 1.79. The standard InChI is InChI=1S/C16H14N2O2S2/c1-10(14(19)11-3-5-12(20-2)6-4-11)22-16-13-7-8-21-15(13)17-9-18-16/h3-10H,1-2H3/t10-/m1/s1. The number of ether oxygens (including phenoxy) is 1. The number of carbonyl (C=O) groups excluding carboxylic acids is 1. The van der Waals surface area contributed by atoms with Gasteiger partial charge in [-0.25, -0.2) is 9.97 Å². The molecule has 0 N–H and O–H groups in total. The van der Waals surface area contributed by atoms with Gasteiger partial charge >= 0.3 is 0 Å². The summed E-state index contributed by atoms with van der Waals surface area (Å²) in [6.45, 7) is 1.90. The molecule has 0 spiro atoms. The zero-order valence-corrected chi connectivity index (χ0v) is 13.8. The quantitative estimate of drug-likeness (QED) is 0.401. The molecule has 3 aromatic rings. The molecule has 0 amide bonds. The normalized spacial score (nSPS) is 12.3. The zero-order valence-electron chi connectivity index (χ0n) is 12.1. The molecule has 0 unspecified atom stereocenters. The Labute approximate surface area is 136 Å². The average Bonchev–Trinajstić information content (AvgIpc) is 3.04. The van der Waals surface area contributed by atoms with Crippen LogP contribution in [0.4, 0.5) is 0 Å². The number of thioether (sulfide) groups is 1. The van der Waals surface area contributed by atoms with Crippen molar-refractivity contribution in [2.24, 2.45) is 0 Å². The summed E-state index contributed by atoms with van der Waals surface area (Å²) in [5.41, 5.74) is 0.677. The van der Waals surface area contributed by atoms with E-state index in [9.17, 15) is 4.79 Å². The van der Waals surface area contributed by atoms with Gasteiger partial charge in [0.15, 0.2) is 5.78 Å². The van der Waals surface area contributed by atoms with Crippen molar-refractivity contribution in [2.75, 3.05) is 7.11 Å². The molecular formula is C16H14N2O2S2. The molecule has 1 atom stereocenters. The van der Waals surface area contributed by atoms with Crippen molar-refractivity contribution in [1.29, 1.82) is 0 Å². The van der Waals surface area contributed by atoms with Crippen LogP contribution in [0.3, 0.4) is 0 Å². The van der Waals surface area contributed by atoms with E-state index in [2.05, 4.69) is 9.97 Å². The van der Waals surface area contributed by atoms with Crippen LogP contribution >= 0.6 is 23.1 Å². The molecule has 0 aliphatic carbocycles. The van der Waals surface area contributed by atoms with Crippen molar-refractivity contribution in [1.82, 2.24) is 9.97 Å². The van der Waals surface area contributed by atoms with Gasteiger partial charge < -0.3 is 4.74 Å². The number of rotatable bonds is 5. The Morgan fingerprint density at radius 1 is 1.23 bits per heavy atom. The highest BCUT2D eigenvalue weighted by Gasteiger charge is 2.18. The van der Waals surface area contributed by atoms with Crippen molar-refractivity contribution >= 4 is 39.1 Å². The molecule has 0 aliphatic heterocycles. The van der Waals surface area contributed by atoms with Crippen LogP contribution in [0.2, 0.25) is 0 Å². The minimum atomic E-state index is -0.216. The van der Waals surface area contributed by atoms with Gasteiger partial charge in [-0.3, -0.25) is 4.79 Å². The lowest BCUT2D eigenvalue weighted by Crippen LogP contribution is -2.13. The van der Waals surface area contributed by atoms with Crippen LogP contribution in [-0.2, 0) is 0 Å². The Bertz CT molecular complexity index is 799. The van der Waals surface area contributed by atoms with E-state index in [1.165, 1.54) is 11.8 Å². The fourth-order valence-electron chi connectivity index (χ4n) is 2.07. The molecule has 0 aliphatic rings. The lowest BCUT2D eigenvalue weighted by Gasteiger charge is -2.10. The highest BCUT2D eigenvalue weighted by atomic mass is 32.2. The number of hydrogen-bond acceptors (Lipinski definition) is 6. The Kier molecular flexibility index (Phi) is 4.40. The number of fused-ring (bicyclic) bond motifs is 1. The summed E-state index contributed by atoms with van der Waals surface area (Å²) in [6, 6.07) is 9.17. The van der Waals surface area contributed by atoms with Crippen LogP contribution in [0, 0.1) is 0 Å². The van der Waals surface area contributed by atoms with E-state index in [-0.39, 0.29) is 11.0 Å². The van der Waals surface area contributed by atoms with E-state index < -0.39 is 0 Å². The van der Waals surface area contributed by atoms with E-state index in [0.717, 1.165) is 21.0 Å². The second kappa shape index (κ2) is 6.46. The number of Topliss-reactive ketones (excluding diaryl/α,β-unsaturated/α-hetero) is 1. The molecular weight excluding hydrogens is 316 g/mol. The number of ketones is 1. The third kappa shape index (κ3) is 2.98. The van der Waals surface area contributed by atoms with Crippen LogP contribution in [0.15, 0.2) is 47.1 Å². The first-order chi connectivity index (χ1) is 10.7. The lowest BCUT2D eigenvalue weighted by atomic mass is 10.1. The maximum Gasteiger partial charge on any atom is 0.175 e. The topological polar surface area (TPSA) is 52.1 Å². The summed E-state index contributed by atoms with van der Waals surface area (Å²) in [6.07, 6.45) is 1.55. The summed E-state index contributed by atoms with van der Waals surface area (Å²) in [5.74, 6) is 0.822. The second-order valence-corrected chi connectivity index (χ2v) is 6.90. The number of carbonyl (C=O) groups is 1. The lowest BCUT2D eigenvalue weighted by molar-refractivity contribution is 0.0994. The summed E-state index contributed by atoms with van der Waals surface area (Å²) in [7, 11) is 1.61. The number of aromatic nitrogens is 2. The first-order valence-corrected chi connectivity index (χ1v) is 8.48. The fraction of sp³-hybridized carbons (Fsp3) is 0.188. The number of methoxy groups -OCH3 is 1. The third-order valence-electron chi connectivity index (χ3n) is 3.26. The van der Waals surface area contributed by atoms with Gasteiger partial charge in [0.05, 0.1) is 12.4 Å². The van der Waals surface area contributed by atoms with Crippen molar-refractivity contribution in [3.8, 4) is 5.75 Å². The third-order valence-corrected chi connectivity index (χ3v) is 5.19. The van der Waals surface area contributed by atoms with Crippen molar-refractivity contribution in [3.05, 3.63) is 47.6 Å². The fourth-order valence-corrected chi connectivity index (χ4v) is 3.85. The highest BCUT2D eigenvalue weighted by molar-refractivity contribution is 8.00. The van der Waals surface area contributed by atoms with Crippen LogP contribution < -0.4 is 4.74 Å². The molecule has 0 saturated heterocycles. The van der Waals surface area contributed by atoms with Gasteiger partial charge in [-0.15, -0.1) is 11.3 Å². The molecule has 0 saturated carbocycles. The van der Waals surface area contributed by atoms with Crippen molar-refractivity contribution < 1.29 is 9.53 Å². The zero-order chi connectivity index (χ0) is 15.5. The maximum absolute atomic E-state index is 12.5. The average molecular weight is 330 g/mol. The van der Waals surface area contributed by atoms with Crippen LogP contribution in [0.5, 0.6) is 5.75 Å². The highest BCUT2D eigenvalue weighted by Crippen LogP contribution is 2.31. The summed E-state index contributed by atoms with van der Waals surface area (Å²) in [4.78, 5) is 22.0. The van der Waals surface area contributed by atoms with Gasteiger partial charge in [0.2, 0.25) is 0 Å². The van der Waals surface area contributed by atoms with Gasteiger partial charge in [-0.1, -0.05) is 11.8 Å². The Hall–Kier alpha value is -1.92. The maximum atomic E-state index is 12.5. The van der Waals surface area contributed by atoms with Gasteiger partial charge in [-0.2, -0.15) is 0 Å². The molecule has 2 heterocycles. The molecule has 112 valence electrons. The Morgan fingerprint density at radius 2 is 2.00 bits per heavy atom. The molecule has 22 heavy (non-hydrogen) atoms. The smallest absolute Gasteiger partial charge is 0.175 e. The van der Waals surface area contributed by atoms with Crippen LogP contribution in [-0.4, -0.2) is 28.1 Å². The summed E-state index contributed by atoms with van der Waals surface area (Å²) in [5, 5.41) is 3.62. The molecule has 1 aromatic carbocycles. The number of benzene rings is 1. The van der Waals surface area contributed by atoms with Gasteiger partial charge in [0.1, 0.15) is 21.9 Å². The molecule has 2 aromatic heterocycles. The van der Waals surface area contributed by atoms with E-state index in [0.29, 0.717) is 5.56 Å². The number of nitrogens with zero attached hydrogens (tertiary/aromatic N) is 2. The summed E-state index contributed by atoms with van der Waals surface area (Å²) >= 11 is 3.04. The second-order valence-electron chi connectivity index (χ2n) is 4.67. The predicted octanol–water partition coefficient (Wildman–Crippen LogP) is 4.06. The molecule has 0 bridgehead atoms. The van der Waals surface area contributed by atoms with Crippen molar-refractivity contribution in [3.63, 3.8) is 0 Å². The van der Waals surface area contributed by atoms with Crippen LogP contribution in [0.25, 0.3) is 10.2 Å². The molecule has 6 heteroatoms. The molecule has 0 fully saturated rings. The van der Waals surface area contributed by atoms with E-state index in [1.807, 2.05) is 18.4 Å². The van der Waals surface area contributed by atoms with Gasteiger partial charge in [0, 0.05) is 10.9 Å². The molecule has 3 rings (SSSR count). The van der Waals surface area contributed by atoms with Crippen LogP contribution in [0.1, 0.15) is 17.3 Å². The molecule has 0 radical (unpaired) electrons. The van der Waals surface area contributed by atoms with Gasteiger partial charge in [0.25, 0.3) is 0 Å². The molecule has 4 nitrogen and oxygen atoms in total. The SMILES string of the molecule is COc1ccc(C(=O)[C@@H](C)Sc2ncnc3sccc23)cc1. The first kappa shape index (κ1) is 15.0. The monoisotopic (exact) mass is 330 g/mol. The van der Waals surface area contributed by atoms with E-state index in [4.69, 9.17) is 4.74 Å². The van der Waals surface area contributed by atoms with E-state index >= 15 is 0 Å². The minimum absolute atomic E-state index is 0.0784. The minimum Gasteiger partial charge on any atom is -0.497 e. The largest absolute Gasteiger partial charge is 0.497 e. The summed E-state index contributed by atoms with van der Waals surface area (Å²) < 4.78 is 5.11. The Morgan fingerprint density at radius 3 is 2.73 bits per heavy atom. The first-order valence-electron chi connectivity index (χ1n) is 6.72. The van der Waals surface area contributed by atoms with E-state index in [1.54, 1.807) is 49.0 Å². The van der Waals surface area contributed by atoms with Gasteiger partial charge in [-0.05, 0) is 42.6 Å². The number of hydrogen-bond donors (Lipinski definition) is 0. The number of thiophene rings is 1. The predicted molar refractivity (Wildman–Crippen MR) is 90.1 cm³/mol.